The first-order valence-electron chi connectivity index (χ1n) is 5.30. The molecule has 1 atom stereocenters. The molecule has 0 fully saturated rings. The van der Waals surface area contributed by atoms with Crippen LogP contribution in [0.5, 0.6) is 0 Å². The fourth-order valence-corrected chi connectivity index (χ4v) is 1.19. The largest absolute Gasteiger partial charge is 0.389 e. The quantitative estimate of drug-likeness (QED) is 0.574. The van der Waals surface area contributed by atoms with E-state index in [0.29, 0.717) is 6.54 Å². The van der Waals surface area contributed by atoms with Crippen LogP contribution in [0.2, 0.25) is 0 Å². The first-order valence-corrected chi connectivity index (χ1v) is 5.30. The van der Waals surface area contributed by atoms with Crippen LogP contribution in [0.25, 0.3) is 0 Å². The normalized spacial score (nSPS) is 12.9. The van der Waals surface area contributed by atoms with Crippen molar-refractivity contribution in [3.05, 3.63) is 0 Å². The average molecular weight is 218 g/mol. The molecule has 1 unspecified atom stereocenters. The highest BCUT2D eigenvalue weighted by Crippen LogP contribution is 1.87. The molecule has 0 aromatic rings. The van der Waals surface area contributed by atoms with Crippen LogP contribution in [0.15, 0.2) is 0 Å². The van der Waals surface area contributed by atoms with Gasteiger partial charge in [0, 0.05) is 13.7 Å². The summed E-state index contributed by atoms with van der Waals surface area (Å²) in [4.78, 5) is 13.4. The van der Waals surface area contributed by atoms with Crippen molar-refractivity contribution < 1.29 is 14.6 Å². The van der Waals surface area contributed by atoms with Crippen molar-refractivity contribution in [1.29, 1.82) is 0 Å². The number of likely N-dealkylation sites (N-methyl/N-ethyl adjacent to an activating group) is 1. The van der Waals surface area contributed by atoms with Gasteiger partial charge in [-0.15, -0.1) is 0 Å². The fourth-order valence-electron chi connectivity index (χ4n) is 1.19. The summed E-state index contributed by atoms with van der Waals surface area (Å²) in [5, 5.41) is 11.9. The molecule has 0 aromatic heterocycles. The molecule has 5 heteroatoms. The summed E-state index contributed by atoms with van der Waals surface area (Å²) >= 11 is 0. The Morgan fingerprint density at radius 1 is 1.47 bits per heavy atom. The van der Waals surface area contributed by atoms with Crippen LogP contribution in [0, 0.1) is 0 Å². The van der Waals surface area contributed by atoms with Gasteiger partial charge in [-0.05, 0) is 13.1 Å². The van der Waals surface area contributed by atoms with Gasteiger partial charge in [0.2, 0.25) is 5.91 Å². The molecule has 5 nitrogen and oxygen atoms in total. The predicted octanol–water partition coefficient (Wildman–Crippen LogP) is -0.548. The SMILES string of the molecule is CCN(CC)CC(=O)NCC(O)COC. The van der Waals surface area contributed by atoms with E-state index in [1.807, 2.05) is 18.7 Å². The van der Waals surface area contributed by atoms with E-state index in [1.54, 1.807) is 0 Å². The predicted molar refractivity (Wildman–Crippen MR) is 58.7 cm³/mol. The molecule has 0 saturated carbocycles. The Hall–Kier alpha value is -0.650. The van der Waals surface area contributed by atoms with Crippen molar-refractivity contribution in [3.63, 3.8) is 0 Å². The summed E-state index contributed by atoms with van der Waals surface area (Å²) in [6.45, 7) is 6.59. The Kier molecular flexibility index (Phi) is 8.27. The van der Waals surface area contributed by atoms with Gasteiger partial charge >= 0.3 is 0 Å². The number of aliphatic hydroxyl groups excluding tert-OH is 1. The lowest BCUT2D eigenvalue weighted by Crippen LogP contribution is -2.41. The summed E-state index contributed by atoms with van der Waals surface area (Å²) in [5.41, 5.74) is 0. The van der Waals surface area contributed by atoms with Crippen molar-refractivity contribution >= 4 is 5.91 Å². The second-order valence-electron chi connectivity index (χ2n) is 3.37. The lowest BCUT2D eigenvalue weighted by atomic mass is 10.3. The Morgan fingerprint density at radius 3 is 2.53 bits per heavy atom. The molecule has 0 aliphatic carbocycles. The van der Waals surface area contributed by atoms with Crippen molar-refractivity contribution in [1.82, 2.24) is 10.2 Å². The van der Waals surface area contributed by atoms with E-state index in [0.717, 1.165) is 13.1 Å². The minimum Gasteiger partial charge on any atom is -0.389 e. The van der Waals surface area contributed by atoms with Gasteiger partial charge in [0.1, 0.15) is 0 Å². The lowest BCUT2D eigenvalue weighted by molar-refractivity contribution is -0.122. The maximum absolute atomic E-state index is 11.4. The first-order chi connectivity index (χ1) is 7.13. The summed E-state index contributed by atoms with van der Waals surface area (Å²) in [5.74, 6) is -0.0612. The van der Waals surface area contributed by atoms with E-state index < -0.39 is 6.10 Å². The van der Waals surface area contributed by atoms with Gasteiger partial charge in [-0.2, -0.15) is 0 Å². The monoisotopic (exact) mass is 218 g/mol. The van der Waals surface area contributed by atoms with Crippen LogP contribution in [-0.4, -0.2) is 61.9 Å². The number of hydrogen-bond donors (Lipinski definition) is 2. The van der Waals surface area contributed by atoms with Crippen molar-refractivity contribution in [2.24, 2.45) is 0 Å². The van der Waals surface area contributed by atoms with Gasteiger partial charge in [0.25, 0.3) is 0 Å². The molecule has 2 N–H and O–H groups in total. The Labute approximate surface area is 91.4 Å². The summed E-state index contributed by atoms with van der Waals surface area (Å²) in [7, 11) is 1.51. The zero-order valence-corrected chi connectivity index (χ0v) is 9.82. The maximum Gasteiger partial charge on any atom is 0.234 e. The Morgan fingerprint density at radius 2 is 2.07 bits per heavy atom. The molecule has 0 rings (SSSR count). The first kappa shape index (κ1) is 14.3. The number of aliphatic hydroxyl groups is 1. The molecule has 0 heterocycles. The van der Waals surface area contributed by atoms with Crippen LogP contribution in [-0.2, 0) is 9.53 Å². The van der Waals surface area contributed by atoms with Gasteiger partial charge < -0.3 is 15.2 Å². The van der Waals surface area contributed by atoms with Crippen LogP contribution in [0.3, 0.4) is 0 Å². The van der Waals surface area contributed by atoms with Gasteiger partial charge in [0.05, 0.1) is 19.3 Å². The number of rotatable bonds is 8. The summed E-state index contributed by atoms with van der Waals surface area (Å²) < 4.78 is 4.75. The van der Waals surface area contributed by atoms with Gasteiger partial charge in [-0.3, -0.25) is 9.69 Å². The third kappa shape index (κ3) is 7.30. The van der Waals surface area contributed by atoms with Crippen LogP contribution >= 0.6 is 0 Å². The smallest absolute Gasteiger partial charge is 0.234 e. The fraction of sp³-hybridized carbons (Fsp3) is 0.900. The summed E-state index contributed by atoms with van der Waals surface area (Å²) in [6.07, 6.45) is -0.629. The average Bonchev–Trinajstić information content (AvgIpc) is 2.23. The molecule has 0 aliphatic rings. The number of carbonyl (C=O) groups excluding carboxylic acids is 1. The molecular formula is C10H22N2O3. The second-order valence-corrected chi connectivity index (χ2v) is 3.37. The van der Waals surface area contributed by atoms with E-state index in [-0.39, 0.29) is 19.1 Å². The maximum atomic E-state index is 11.4. The minimum atomic E-state index is -0.629. The third-order valence-corrected chi connectivity index (χ3v) is 2.16. The number of ether oxygens (including phenoxy) is 1. The standard InChI is InChI=1S/C10H22N2O3/c1-4-12(5-2)7-10(14)11-6-9(13)8-15-3/h9,13H,4-8H2,1-3H3,(H,11,14). The number of methoxy groups -OCH3 is 1. The molecule has 0 saturated heterocycles. The number of amides is 1. The highest BCUT2D eigenvalue weighted by Gasteiger charge is 2.09. The minimum absolute atomic E-state index is 0.0612. The molecule has 0 aromatic carbocycles. The van der Waals surface area contributed by atoms with Gasteiger partial charge in [-0.25, -0.2) is 0 Å². The zero-order valence-electron chi connectivity index (χ0n) is 9.82. The number of nitrogens with zero attached hydrogens (tertiary/aromatic N) is 1. The highest BCUT2D eigenvalue weighted by molar-refractivity contribution is 5.78. The molecule has 90 valence electrons. The van der Waals surface area contributed by atoms with E-state index in [2.05, 4.69) is 5.32 Å². The zero-order chi connectivity index (χ0) is 11.7. The van der Waals surface area contributed by atoms with Crippen LogP contribution in [0.4, 0.5) is 0 Å². The topological polar surface area (TPSA) is 61.8 Å². The lowest BCUT2D eigenvalue weighted by Gasteiger charge is -2.18. The Balaban J connectivity index is 3.64. The molecule has 0 spiro atoms. The second kappa shape index (κ2) is 8.64. The summed E-state index contributed by atoms with van der Waals surface area (Å²) in [6, 6.07) is 0. The molecule has 15 heavy (non-hydrogen) atoms. The van der Waals surface area contributed by atoms with E-state index in [9.17, 15) is 9.90 Å². The van der Waals surface area contributed by atoms with Crippen LogP contribution in [0.1, 0.15) is 13.8 Å². The molecule has 0 radical (unpaired) electrons. The van der Waals surface area contributed by atoms with Gasteiger partial charge in [0.15, 0.2) is 0 Å². The van der Waals surface area contributed by atoms with Crippen LogP contribution < -0.4 is 5.32 Å². The number of hydrogen-bond acceptors (Lipinski definition) is 4. The Bertz CT molecular complexity index is 172. The number of carbonyl (C=O) groups is 1. The molecule has 1 amide bonds. The third-order valence-electron chi connectivity index (χ3n) is 2.16. The van der Waals surface area contributed by atoms with Crippen molar-refractivity contribution in [2.45, 2.75) is 20.0 Å². The van der Waals surface area contributed by atoms with Gasteiger partial charge in [-0.1, -0.05) is 13.8 Å². The molecule has 0 bridgehead atoms. The molecule has 0 aliphatic heterocycles. The van der Waals surface area contributed by atoms with E-state index in [1.165, 1.54) is 7.11 Å². The van der Waals surface area contributed by atoms with E-state index >= 15 is 0 Å². The highest BCUT2D eigenvalue weighted by atomic mass is 16.5. The van der Waals surface area contributed by atoms with E-state index in [4.69, 9.17) is 4.74 Å². The number of nitrogens with one attached hydrogen (secondary N) is 1. The molecular weight excluding hydrogens is 196 g/mol. The van der Waals surface area contributed by atoms with Crippen molar-refractivity contribution in [2.75, 3.05) is 39.9 Å². The van der Waals surface area contributed by atoms with Crippen molar-refractivity contribution in [3.8, 4) is 0 Å².